The maximum Gasteiger partial charge on any atom is 0.419 e. The maximum absolute atomic E-state index is 11.9. The van der Waals surface area contributed by atoms with E-state index in [0.717, 1.165) is 15.7 Å². The third-order valence-corrected chi connectivity index (χ3v) is 3.03. The van der Waals surface area contributed by atoms with Crippen molar-refractivity contribution in [1.82, 2.24) is 9.55 Å². The van der Waals surface area contributed by atoms with Crippen molar-refractivity contribution < 1.29 is 9.53 Å². The molecule has 100 valence electrons. The Morgan fingerprint density at radius 1 is 1.32 bits per heavy atom. The van der Waals surface area contributed by atoms with E-state index in [1.165, 1.54) is 10.9 Å². The molecule has 0 saturated heterocycles. The molecule has 0 bridgehead atoms. The molecule has 2 aromatic rings. The number of carbonyl (C=O) groups is 1. The van der Waals surface area contributed by atoms with Gasteiger partial charge in [0.25, 0.3) is 0 Å². The van der Waals surface area contributed by atoms with Crippen LogP contribution in [0.15, 0.2) is 41.3 Å². The van der Waals surface area contributed by atoms with E-state index in [-0.39, 0.29) is 0 Å². The smallest absolute Gasteiger partial charge is 0.419 e. The first-order valence-electron chi connectivity index (χ1n) is 5.89. The van der Waals surface area contributed by atoms with Gasteiger partial charge < -0.3 is 4.74 Å². The van der Waals surface area contributed by atoms with Crippen molar-refractivity contribution in [3.63, 3.8) is 0 Å². The Labute approximate surface area is 120 Å². The average Bonchev–Trinajstić information content (AvgIpc) is 2.76. The minimum atomic E-state index is -0.519. The van der Waals surface area contributed by atoms with Gasteiger partial charge in [0.15, 0.2) is 0 Å². The molecule has 2 rings (SSSR count). The second-order valence-corrected chi connectivity index (χ2v) is 5.98. The second kappa shape index (κ2) is 5.17. The van der Waals surface area contributed by atoms with E-state index in [1.54, 1.807) is 6.20 Å². The van der Waals surface area contributed by atoms with Crippen LogP contribution in [0.5, 0.6) is 0 Å². The lowest BCUT2D eigenvalue weighted by Crippen LogP contribution is -2.26. The van der Waals surface area contributed by atoms with Gasteiger partial charge in [-0.15, -0.1) is 0 Å². The lowest BCUT2D eigenvalue weighted by Gasteiger charge is -2.19. The molecular weight excluding hydrogens is 308 g/mol. The van der Waals surface area contributed by atoms with E-state index in [9.17, 15) is 4.79 Å². The quantitative estimate of drug-likeness (QED) is 0.794. The summed E-state index contributed by atoms with van der Waals surface area (Å²) in [6.45, 7) is 5.49. The fourth-order valence-electron chi connectivity index (χ4n) is 1.55. The van der Waals surface area contributed by atoms with Crippen molar-refractivity contribution in [1.29, 1.82) is 0 Å². The Bertz CT molecular complexity index is 599. The van der Waals surface area contributed by atoms with Crippen LogP contribution >= 0.6 is 15.9 Å². The van der Waals surface area contributed by atoms with Crippen molar-refractivity contribution in [2.75, 3.05) is 0 Å². The topological polar surface area (TPSA) is 44.1 Å². The summed E-state index contributed by atoms with van der Waals surface area (Å²) in [6, 6.07) is 7.72. The molecule has 0 aliphatic rings. The first kappa shape index (κ1) is 13.8. The van der Waals surface area contributed by atoms with Gasteiger partial charge in [-0.3, -0.25) is 0 Å². The zero-order chi connectivity index (χ0) is 14.0. The normalized spacial score (nSPS) is 11.4. The van der Waals surface area contributed by atoms with Crippen LogP contribution in [0.3, 0.4) is 0 Å². The predicted octanol–water partition coefficient (Wildman–Crippen LogP) is 4.10. The summed E-state index contributed by atoms with van der Waals surface area (Å²) in [5.41, 5.74) is 1.14. The summed E-state index contributed by atoms with van der Waals surface area (Å²) in [6.07, 6.45) is 2.69. The highest BCUT2D eigenvalue weighted by atomic mass is 79.9. The molecule has 5 heteroatoms. The van der Waals surface area contributed by atoms with Crippen LogP contribution in [0.25, 0.3) is 11.3 Å². The summed E-state index contributed by atoms with van der Waals surface area (Å²) in [7, 11) is 0. The Morgan fingerprint density at radius 2 is 2.00 bits per heavy atom. The molecule has 0 unspecified atom stereocenters. The van der Waals surface area contributed by atoms with Crippen molar-refractivity contribution in [2.24, 2.45) is 0 Å². The number of rotatable bonds is 1. The fraction of sp³-hybridized carbons (Fsp3) is 0.286. The number of hydrogen-bond acceptors (Lipinski definition) is 3. The van der Waals surface area contributed by atoms with E-state index < -0.39 is 11.7 Å². The lowest BCUT2D eigenvalue weighted by atomic mass is 10.2. The molecule has 0 saturated carbocycles. The second-order valence-electron chi connectivity index (χ2n) is 5.13. The third-order valence-electron chi connectivity index (χ3n) is 2.34. The Kier molecular flexibility index (Phi) is 3.75. The van der Waals surface area contributed by atoms with Crippen LogP contribution in [0.1, 0.15) is 20.8 Å². The van der Waals surface area contributed by atoms with Gasteiger partial charge in [-0.2, -0.15) is 0 Å². The highest BCUT2D eigenvalue weighted by molar-refractivity contribution is 9.10. The molecule has 0 aliphatic carbocycles. The number of nitrogens with zero attached hydrogens (tertiary/aromatic N) is 2. The zero-order valence-corrected chi connectivity index (χ0v) is 12.6. The van der Waals surface area contributed by atoms with Crippen LogP contribution in [0.2, 0.25) is 0 Å². The van der Waals surface area contributed by atoms with E-state index in [1.807, 2.05) is 45.0 Å². The third kappa shape index (κ3) is 3.44. The molecule has 4 nitrogen and oxygen atoms in total. The molecule has 0 fully saturated rings. The van der Waals surface area contributed by atoms with Crippen LogP contribution in [-0.2, 0) is 4.74 Å². The van der Waals surface area contributed by atoms with E-state index >= 15 is 0 Å². The number of ether oxygens (including phenoxy) is 1. The van der Waals surface area contributed by atoms with Gasteiger partial charge in [0.2, 0.25) is 0 Å². The molecule has 1 aromatic heterocycles. The summed E-state index contributed by atoms with van der Waals surface area (Å²) in [5.74, 6) is 0. The first-order chi connectivity index (χ1) is 8.87. The largest absolute Gasteiger partial charge is 0.443 e. The number of hydrogen-bond donors (Lipinski definition) is 0. The molecule has 1 heterocycles. The highest BCUT2D eigenvalue weighted by Gasteiger charge is 2.18. The number of imidazole rings is 1. The minimum absolute atomic E-state index is 0.432. The van der Waals surface area contributed by atoms with E-state index in [0.29, 0.717) is 0 Å². The lowest BCUT2D eigenvalue weighted by molar-refractivity contribution is 0.0536. The summed E-state index contributed by atoms with van der Waals surface area (Å²) in [5, 5.41) is 0. The van der Waals surface area contributed by atoms with Gasteiger partial charge in [0, 0.05) is 16.2 Å². The van der Waals surface area contributed by atoms with Crippen molar-refractivity contribution in [2.45, 2.75) is 26.4 Å². The molecule has 0 atom stereocenters. The monoisotopic (exact) mass is 322 g/mol. The van der Waals surface area contributed by atoms with Gasteiger partial charge in [-0.1, -0.05) is 34.1 Å². The maximum atomic E-state index is 11.9. The standard InChI is InChI=1S/C14H15BrN2O2/c1-14(2,3)19-13(18)17-8-12(16-9-17)10-6-4-5-7-11(10)15/h4-9H,1-3H3. The molecule has 1 aromatic carbocycles. The summed E-state index contributed by atoms with van der Waals surface area (Å²) >= 11 is 3.46. The van der Waals surface area contributed by atoms with Crippen LogP contribution in [0.4, 0.5) is 4.79 Å². The van der Waals surface area contributed by atoms with Crippen molar-refractivity contribution >= 4 is 22.0 Å². The predicted molar refractivity (Wildman–Crippen MR) is 77.0 cm³/mol. The molecule has 0 spiro atoms. The van der Waals surface area contributed by atoms with Gasteiger partial charge in [0.1, 0.15) is 11.9 Å². The number of carbonyl (C=O) groups excluding carboxylic acids is 1. The molecule has 0 N–H and O–H groups in total. The van der Waals surface area contributed by atoms with Crippen molar-refractivity contribution in [3.8, 4) is 11.3 Å². The first-order valence-corrected chi connectivity index (χ1v) is 6.68. The van der Waals surface area contributed by atoms with Crippen LogP contribution in [0, 0.1) is 0 Å². The summed E-state index contributed by atoms with van der Waals surface area (Å²) in [4.78, 5) is 16.1. The molecule has 19 heavy (non-hydrogen) atoms. The summed E-state index contributed by atoms with van der Waals surface area (Å²) < 4.78 is 7.56. The van der Waals surface area contributed by atoms with E-state index in [4.69, 9.17) is 4.74 Å². The SMILES string of the molecule is CC(C)(C)OC(=O)n1cnc(-c2ccccc2Br)c1. The Hall–Kier alpha value is -1.62. The van der Waals surface area contributed by atoms with Gasteiger partial charge in [0.05, 0.1) is 5.69 Å². The number of halogens is 1. The van der Waals surface area contributed by atoms with Gasteiger partial charge in [-0.25, -0.2) is 14.3 Å². The fourth-order valence-corrected chi connectivity index (χ4v) is 2.03. The van der Waals surface area contributed by atoms with Crippen molar-refractivity contribution in [3.05, 3.63) is 41.3 Å². The molecule has 0 amide bonds. The van der Waals surface area contributed by atoms with Gasteiger partial charge in [-0.05, 0) is 26.8 Å². The van der Waals surface area contributed by atoms with E-state index in [2.05, 4.69) is 20.9 Å². The molecule has 0 radical (unpaired) electrons. The zero-order valence-electron chi connectivity index (χ0n) is 11.1. The molecule has 0 aliphatic heterocycles. The van der Waals surface area contributed by atoms with Gasteiger partial charge >= 0.3 is 6.09 Å². The average molecular weight is 323 g/mol. The highest BCUT2D eigenvalue weighted by Crippen LogP contribution is 2.26. The Balaban J connectivity index is 2.25. The minimum Gasteiger partial charge on any atom is -0.443 e. The molecular formula is C14H15BrN2O2. The number of benzene rings is 1. The Morgan fingerprint density at radius 3 is 2.63 bits per heavy atom. The number of aromatic nitrogens is 2. The van der Waals surface area contributed by atoms with Crippen LogP contribution < -0.4 is 0 Å². The van der Waals surface area contributed by atoms with Crippen LogP contribution in [-0.4, -0.2) is 21.2 Å².